The molecule has 3 heterocycles. The normalized spacial score (nSPS) is 40.4. The van der Waals surface area contributed by atoms with Crippen LogP contribution in [-0.4, -0.2) is 50.0 Å². The van der Waals surface area contributed by atoms with Gasteiger partial charge < -0.3 is 30.5 Å². The first kappa shape index (κ1) is 28.9. The summed E-state index contributed by atoms with van der Waals surface area (Å²) >= 11 is 0. The van der Waals surface area contributed by atoms with Gasteiger partial charge in [0.2, 0.25) is 11.7 Å². The number of aromatic hydroxyl groups is 3. The number of carbonyl (C=O) groups is 3. The Balaban J connectivity index is 1.62. The van der Waals surface area contributed by atoms with Crippen LogP contribution in [0.25, 0.3) is 0 Å². The molecule has 9 nitrogen and oxygen atoms in total. The Hall–Kier alpha value is -3.17. The van der Waals surface area contributed by atoms with Crippen LogP contribution < -0.4 is 5.32 Å². The van der Waals surface area contributed by atoms with E-state index in [4.69, 9.17) is 4.74 Å². The van der Waals surface area contributed by atoms with E-state index in [0.29, 0.717) is 18.4 Å². The van der Waals surface area contributed by atoms with Gasteiger partial charge in [0, 0.05) is 29.0 Å². The lowest BCUT2D eigenvalue weighted by molar-refractivity contribution is -0.152. The highest BCUT2D eigenvalue weighted by molar-refractivity contribution is 6.12. The van der Waals surface area contributed by atoms with Crippen LogP contribution in [0.15, 0.2) is 23.3 Å². The summed E-state index contributed by atoms with van der Waals surface area (Å²) in [6.45, 7) is 11.7. The number of ketones is 2. The van der Waals surface area contributed by atoms with Gasteiger partial charge in [-0.05, 0) is 57.4 Å². The monoisotopic (exact) mass is 579 g/mol. The average molecular weight is 580 g/mol. The highest BCUT2D eigenvalue weighted by atomic mass is 16.5. The van der Waals surface area contributed by atoms with Crippen molar-refractivity contribution in [3.05, 3.63) is 40.0 Å². The number of aliphatic hydroxyl groups excluding tert-OH is 1. The standard InChI is InChI=1S/C33H41NO8/c1-12(2)9-18-24-15(5)14(4)11-17-10-13(3)7-8-19(35)26(37)22-23(31(40)33(17,24)32(41)34-18)29-20-16(6)25(36)28(39)27(38)21(20)30(22)42-29/h10-12,15,17-19,22-24,29-30,35-36,38-39H,7-9H2,1-6H3,(H,34,41)/b13-10+/t15-,17+,18+,19-,22-,23+,24+,29-,30+,33+/m1/s1. The van der Waals surface area contributed by atoms with Crippen LogP contribution in [0.3, 0.4) is 0 Å². The Bertz CT molecular complexity index is 1460. The number of carbonyl (C=O) groups excluding carboxylic acids is 3. The van der Waals surface area contributed by atoms with Crippen molar-refractivity contribution in [1.82, 2.24) is 5.32 Å². The first-order valence-electron chi connectivity index (χ1n) is 15.1. The van der Waals surface area contributed by atoms with E-state index in [1.807, 2.05) is 26.0 Å². The Morgan fingerprint density at radius 2 is 1.64 bits per heavy atom. The van der Waals surface area contributed by atoms with E-state index in [2.05, 4.69) is 26.1 Å². The van der Waals surface area contributed by atoms with Gasteiger partial charge in [-0.25, -0.2) is 0 Å². The third kappa shape index (κ3) is 3.65. The van der Waals surface area contributed by atoms with Crippen molar-refractivity contribution in [3.63, 3.8) is 0 Å². The van der Waals surface area contributed by atoms with Gasteiger partial charge in [0.15, 0.2) is 23.1 Å². The Morgan fingerprint density at radius 1 is 0.976 bits per heavy atom. The molecule has 1 amide bonds. The van der Waals surface area contributed by atoms with E-state index in [9.17, 15) is 30.0 Å². The first-order valence-corrected chi connectivity index (χ1v) is 15.1. The summed E-state index contributed by atoms with van der Waals surface area (Å²) in [4.78, 5) is 43.8. The van der Waals surface area contributed by atoms with Crippen LogP contribution in [0.1, 0.15) is 82.8 Å². The van der Waals surface area contributed by atoms with Gasteiger partial charge in [0.05, 0.1) is 24.0 Å². The third-order valence-corrected chi connectivity index (χ3v) is 10.9. The minimum atomic E-state index is -1.51. The quantitative estimate of drug-likeness (QED) is 0.200. The summed E-state index contributed by atoms with van der Waals surface area (Å²) in [5.74, 6) is -6.25. The number of rotatable bonds is 2. The SMILES string of the molecule is CC1=C[C@@H]2/C=C(\C)CC[C@@H](O)C(=O)[C@H]3[C@H](C(=O)[C@]24C(=O)N[C@@H](CC(C)C)[C@@H]4[C@@H]1C)[C@@H]1O[C@H]3c2c(O)c(O)c(O)c(C)c21. The van der Waals surface area contributed by atoms with Gasteiger partial charge in [-0.15, -0.1) is 0 Å². The largest absolute Gasteiger partial charge is 0.504 e. The number of fused-ring (bicyclic) bond motifs is 8. The highest BCUT2D eigenvalue weighted by Gasteiger charge is 2.71. The summed E-state index contributed by atoms with van der Waals surface area (Å²) < 4.78 is 6.30. The smallest absolute Gasteiger partial charge is 0.235 e. The van der Waals surface area contributed by atoms with E-state index in [-0.39, 0.29) is 47.3 Å². The molecule has 2 aliphatic carbocycles. The number of amides is 1. The maximum atomic E-state index is 15.4. The molecule has 1 aromatic rings. The fourth-order valence-corrected chi connectivity index (χ4v) is 8.90. The first-order chi connectivity index (χ1) is 19.7. The van der Waals surface area contributed by atoms with Crippen LogP contribution in [0.2, 0.25) is 0 Å². The molecule has 5 aliphatic rings. The summed E-state index contributed by atoms with van der Waals surface area (Å²) in [6.07, 6.45) is 1.67. The number of allylic oxidation sites excluding steroid dienone is 4. The summed E-state index contributed by atoms with van der Waals surface area (Å²) in [5.41, 5.74) is 1.21. The topological polar surface area (TPSA) is 153 Å². The van der Waals surface area contributed by atoms with Crippen LogP contribution >= 0.6 is 0 Å². The fraction of sp³-hybridized carbons (Fsp3) is 0.606. The zero-order valence-corrected chi connectivity index (χ0v) is 25.0. The molecule has 42 heavy (non-hydrogen) atoms. The molecule has 0 radical (unpaired) electrons. The number of hydrogen-bond donors (Lipinski definition) is 5. The number of phenols is 3. The molecule has 0 saturated carbocycles. The van der Waals surface area contributed by atoms with E-state index in [1.165, 1.54) is 0 Å². The molecule has 2 fully saturated rings. The minimum absolute atomic E-state index is 0.0926. The van der Waals surface area contributed by atoms with E-state index in [0.717, 1.165) is 11.1 Å². The number of ether oxygens (including phenoxy) is 1. The molecule has 10 atom stereocenters. The van der Waals surface area contributed by atoms with Crippen molar-refractivity contribution >= 4 is 17.5 Å². The predicted octanol–water partition coefficient (Wildman–Crippen LogP) is 4.07. The molecule has 1 aromatic carbocycles. The average Bonchev–Trinajstić information content (AvgIpc) is 3.58. The zero-order valence-electron chi connectivity index (χ0n) is 25.0. The van der Waals surface area contributed by atoms with Gasteiger partial charge >= 0.3 is 0 Å². The molecule has 9 heteroatoms. The molecule has 2 saturated heterocycles. The second-order valence-electron chi connectivity index (χ2n) is 13.7. The van der Waals surface area contributed by atoms with Crippen molar-refractivity contribution < 1.29 is 39.5 Å². The van der Waals surface area contributed by atoms with Crippen LogP contribution in [0.4, 0.5) is 0 Å². The van der Waals surface area contributed by atoms with E-state index >= 15 is 4.79 Å². The Morgan fingerprint density at radius 3 is 2.31 bits per heavy atom. The second kappa shape index (κ2) is 9.67. The molecular weight excluding hydrogens is 538 g/mol. The van der Waals surface area contributed by atoms with Crippen molar-refractivity contribution in [1.29, 1.82) is 0 Å². The van der Waals surface area contributed by atoms with Crippen molar-refractivity contribution in [3.8, 4) is 17.2 Å². The van der Waals surface area contributed by atoms with Crippen molar-refractivity contribution in [2.75, 3.05) is 0 Å². The van der Waals surface area contributed by atoms with Gasteiger partial charge in [-0.2, -0.15) is 0 Å². The number of nitrogens with one attached hydrogen (secondary N) is 1. The van der Waals surface area contributed by atoms with Gasteiger partial charge in [0.25, 0.3) is 0 Å². The molecule has 0 unspecified atom stereocenters. The lowest BCUT2D eigenvalue weighted by atomic mass is 9.51. The van der Waals surface area contributed by atoms with E-state index < -0.39 is 70.3 Å². The lowest BCUT2D eigenvalue weighted by Crippen LogP contribution is -2.56. The van der Waals surface area contributed by atoms with Crippen LogP contribution in [-0.2, 0) is 19.1 Å². The highest BCUT2D eigenvalue weighted by Crippen LogP contribution is 2.67. The number of hydrogen-bond acceptors (Lipinski definition) is 8. The molecule has 226 valence electrons. The van der Waals surface area contributed by atoms with Crippen molar-refractivity contribution in [2.24, 2.45) is 40.9 Å². The second-order valence-corrected chi connectivity index (χ2v) is 13.7. The van der Waals surface area contributed by atoms with Gasteiger partial charge in [-0.1, -0.05) is 44.1 Å². The Kier molecular flexibility index (Phi) is 6.66. The summed E-state index contributed by atoms with van der Waals surface area (Å²) in [7, 11) is 0. The third-order valence-electron chi connectivity index (χ3n) is 10.9. The van der Waals surface area contributed by atoms with Crippen LogP contribution in [0, 0.1) is 47.8 Å². The zero-order chi connectivity index (χ0) is 30.6. The number of benzene rings is 1. The molecule has 3 aliphatic heterocycles. The lowest BCUT2D eigenvalue weighted by Gasteiger charge is -2.47. The molecule has 1 spiro atoms. The predicted molar refractivity (Wildman–Crippen MR) is 152 cm³/mol. The van der Waals surface area contributed by atoms with Crippen molar-refractivity contribution in [2.45, 2.75) is 85.2 Å². The summed E-state index contributed by atoms with van der Waals surface area (Å²) in [5, 5.41) is 46.2. The maximum absolute atomic E-state index is 15.4. The molecule has 0 aromatic heterocycles. The Labute approximate surface area is 245 Å². The molecule has 2 bridgehead atoms. The number of aliphatic hydroxyl groups is 1. The van der Waals surface area contributed by atoms with Gasteiger partial charge in [0.1, 0.15) is 11.5 Å². The van der Waals surface area contributed by atoms with E-state index in [1.54, 1.807) is 6.92 Å². The summed E-state index contributed by atoms with van der Waals surface area (Å²) in [6, 6.07) is -0.250. The minimum Gasteiger partial charge on any atom is -0.504 e. The fourth-order valence-electron chi connectivity index (χ4n) is 8.90. The maximum Gasteiger partial charge on any atom is 0.235 e. The number of phenolic OH excluding ortho intramolecular Hbond substituents is 3. The molecular formula is C33H41NO8. The van der Waals surface area contributed by atoms with Crippen LogP contribution in [0.5, 0.6) is 17.2 Å². The number of Topliss-reactive ketones (excluding diaryl/α,β-unsaturated/α-hetero) is 2. The molecule has 5 N–H and O–H groups in total. The van der Waals surface area contributed by atoms with Gasteiger partial charge in [-0.3, -0.25) is 14.4 Å². The molecule has 6 rings (SSSR count).